The summed E-state index contributed by atoms with van der Waals surface area (Å²) < 4.78 is 24.0. The van der Waals surface area contributed by atoms with Gasteiger partial charge in [0, 0.05) is 24.8 Å². The molecule has 1 saturated heterocycles. The highest BCUT2D eigenvalue weighted by Gasteiger charge is 2.34. The van der Waals surface area contributed by atoms with Gasteiger partial charge < -0.3 is 23.8 Å². The SMILES string of the molecule is CCOC(=O)C1=C(C)N=c2s/c(=C\c3cc(N4CCOCC4)ccc3[N+](=O)[O-])c(=O)n2[C@H]1c1ccc(OC(C)C)c(OC)c1. The molecule has 0 unspecified atom stereocenters. The van der Waals surface area contributed by atoms with Gasteiger partial charge in [-0.25, -0.2) is 9.79 Å². The predicted molar refractivity (Wildman–Crippen MR) is 165 cm³/mol. The molecule has 0 spiro atoms. The first-order valence-corrected chi connectivity index (χ1v) is 15.1. The van der Waals surface area contributed by atoms with E-state index in [9.17, 15) is 19.7 Å². The first kappa shape index (κ1) is 31.0. The van der Waals surface area contributed by atoms with Crippen molar-refractivity contribution in [2.75, 3.05) is 44.9 Å². The van der Waals surface area contributed by atoms with Gasteiger partial charge >= 0.3 is 5.97 Å². The number of hydrogen-bond acceptors (Lipinski definition) is 11. The molecule has 2 aromatic carbocycles. The van der Waals surface area contributed by atoms with Crippen molar-refractivity contribution in [1.82, 2.24) is 4.57 Å². The minimum absolute atomic E-state index is 0.101. The topological polar surface area (TPSA) is 135 Å². The highest BCUT2D eigenvalue weighted by Crippen LogP contribution is 2.36. The summed E-state index contributed by atoms with van der Waals surface area (Å²) in [5, 5.41) is 12.0. The molecule has 13 heteroatoms. The zero-order chi connectivity index (χ0) is 31.5. The number of carbonyl (C=O) groups is 1. The molecule has 0 N–H and O–H groups in total. The Morgan fingerprint density at radius 2 is 1.95 bits per heavy atom. The van der Waals surface area contributed by atoms with E-state index < -0.39 is 22.5 Å². The molecule has 0 amide bonds. The van der Waals surface area contributed by atoms with Crippen molar-refractivity contribution in [2.24, 2.45) is 4.99 Å². The summed E-state index contributed by atoms with van der Waals surface area (Å²) in [6.45, 7) is 9.76. The van der Waals surface area contributed by atoms with Crippen LogP contribution in [0.3, 0.4) is 0 Å². The van der Waals surface area contributed by atoms with Crippen LogP contribution in [0.4, 0.5) is 11.4 Å². The van der Waals surface area contributed by atoms with E-state index in [1.165, 1.54) is 23.8 Å². The van der Waals surface area contributed by atoms with Crippen molar-refractivity contribution in [3.05, 3.63) is 88.6 Å². The molecule has 2 aliphatic rings. The average molecular weight is 623 g/mol. The standard InChI is InChI=1S/C31H34N4O8S/c1-6-42-30(37)27-19(4)32-31-34(28(27)20-7-10-24(43-18(2)3)25(16-20)40-5)29(36)26(44-31)17-21-15-22(8-9-23(21)35(38)39)33-11-13-41-14-12-33/h7-10,15-18,28H,6,11-14H2,1-5H3/b26-17-/t28-/m0/s1. The Kier molecular flexibility index (Phi) is 9.16. The maximum Gasteiger partial charge on any atom is 0.338 e. The number of anilines is 1. The van der Waals surface area contributed by atoms with Crippen molar-refractivity contribution in [3.63, 3.8) is 0 Å². The van der Waals surface area contributed by atoms with Gasteiger partial charge in [0.05, 0.1) is 65.4 Å². The first-order valence-electron chi connectivity index (χ1n) is 14.3. The molecule has 0 saturated carbocycles. The molecule has 3 aromatic rings. The van der Waals surface area contributed by atoms with E-state index in [0.717, 1.165) is 17.0 Å². The van der Waals surface area contributed by atoms with E-state index in [2.05, 4.69) is 9.89 Å². The number of morpholine rings is 1. The van der Waals surface area contributed by atoms with Crippen LogP contribution >= 0.6 is 11.3 Å². The molecule has 3 heterocycles. The van der Waals surface area contributed by atoms with Crippen molar-refractivity contribution in [2.45, 2.75) is 39.8 Å². The van der Waals surface area contributed by atoms with Gasteiger partial charge in [0.25, 0.3) is 11.2 Å². The van der Waals surface area contributed by atoms with Crippen LogP contribution in [-0.4, -0.2) is 61.6 Å². The normalized spacial score (nSPS) is 16.9. The van der Waals surface area contributed by atoms with Gasteiger partial charge in [0.1, 0.15) is 0 Å². The van der Waals surface area contributed by atoms with Crippen LogP contribution in [-0.2, 0) is 14.3 Å². The Labute approximate surface area is 257 Å². The minimum atomic E-state index is -0.885. The number of rotatable bonds is 9. The van der Waals surface area contributed by atoms with E-state index >= 15 is 0 Å². The largest absolute Gasteiger partial charge is 0.493 e. The fourth-order valence-electron chi connectivity index (χ4n) is 5.30. The number of methoxy groups -OCH3 is 1. The summed E-state index contributed by atoms with van der Waals surface area (Å²) in [6, 6.07) is 9.23. The lowest BCUT2D eigenvalue weighted by atomic mass is 9.95. The Balaban J connectivity index is 1.70. The Morgan fingerprint density at radius 3 is 2.61 bits per heavy atom. The molecule has 1 atom stereocenters. The van der Waals surface area contributed by atoms with E-state index in [1.807, 2.05) is 13.8 Å². The smallest absolute Gasteiger partial charge is 0.338 e. The van der Waals surface area contributed by atoms with Crippen LogP contribution in [0.1, 0.15) is 44.9 Å². The number of carbonyl (C=O) groups excluding carboxylic acids is 1. The Morgan fingerprint density at radius 1 is 1.20 bits per heavy atom. The molecule has 0 bridgehead atoms. The molecule has 1 fully saturated rings. The third-order valence-corrected chi connectivity index (χ3v) is 8.24. The van der Waals surface area contributed by atoms with E-state index in [-0.39, 0.29) is 28.5 Å². The van der Waals surface area contributed by atoms with Crippen LogP contribution in [0.25, 0.3) is 6.08 Å². The lowest BCUT2D eigenvalue weighted by Gasteiger charge is -2.29. The average Bonchev–Trinajstić information content (AvgIpc) is 3.30. The molecule has 0 radical (unpaired) electrons. The quantitative estimate of drug-likeness (QED) is 0.200. The molecular weight excluding hydrogens is 588 g/mol. The second-order valence-corrected chi connectivity index (χ2v) is 11.5. The number of nitro benzene ring substituents is 1. The Bertz CT molecular complexity index is 1800. The molecule has 1 aromatic heterocycles. The maximum absolute atomic E-state index is 14.1. The van der Waals surface area contributed by atoms with Crippen LogP contribution in [0, 0.1) is 10.1 Å². The summed E-state index contributed by atoms with van der Waals surface area (Å²) >= 11 is 1.10. The molecule has 12 nitrogen and oxygen atoms in total. The number of fused-ring (bicyclic) bond motifs is 1. The van der Waals surface area contributed by atoms with Crippen LogP contribution in [0.5, 0.6) is 11.5 Å². The van der Waals surface area contributed by atoms with Gasteiger partial charge in [-0.15, -0.1) is 0 Å². The maximum atomic E-state index is 14.1. The van der Waals surface area contributed by atoms with Crippen molar-refractivity contribution in [1.29, 1.82) is 0 Å². The number of benzene rings is 2. The highest BCUT2D eigenvalue weighted by atomic mass is 32.1. The minimum Gasteiger partial charge on any atom is -0.493 e. The predicted octanol–water partition coefficient (Wildman–Crippen LogP) is 3.34. The first-order chi connectivity index (χ1) is 21.1. The fraction of sp³-hybridized carbons (Fsp3) is 0.387. The summed E-state index contributed by atoms with van der Waals surface area (Å²) in [7, 11) is 1.52. The zero-order valence-electron chi connectivity index (χ0n) is 25.2. The van der Waals surface area contributed by atoms with Gasteiger partial charge in [0.2, 0.25) is 0 Å². The molecular formula is C31H34N4O8S. The third kappa shape index (κ3) is 6.10. The number of esters is 1. The second-order valence-electron chi connectivity index (χ2n) is 10.5. The van der Waals surface area contributed by atoms with Crippen molar-refractivity contribution in [3.8, 4) is 11.5 Å². The Hall–Kier alpha value is -4.49. The number of hydrogen-bond donors (Lipinski definition) is 0. The number of thiazole rings is 1. The van der Waals surface area contributed by atoms with Gasteiger partial charge in [-0.2, -0.15) is 0 Å². The van der Waals surface area contributed by atoms with Gasteiger partial charge in [-0.1, -0.05) is 17.4 Å². The van der Waals surface area contributed by atoms with Gasteiger partial charge in [-0.05, 0) is 63.6 Å². The van der Waals surface area contributed by atoms with Gasteiger partial charge in [-0.3, -0.25) is 19.5 Å². The molecule has 44 heavy (non-hydrogen) atoms. The number of aromatic nitrogens is 1. The van der Waals surface area contributed by atoms with E-state index in [0.29, 0.717) is 59.4 Å². The number of ether oxygens (including phenoxy) is 4. The monoisotopic (exact) mass is 622 g/mol. The van der Waals surface area contributed by atoms with Crippen molar-refractivity contribution < 1.29 is 28.7 Å². The fourth-order valence-corrected chi connectivity index (χ4v) is 6.33. The summed E-state index contributed by atoms with van der Waals surface area (Å²) in [6.07, 6.45) is 1.42. The highest BCUT2D eigenvalue weighted by molar-refractivity contribution is 7.07. The summed E-state index contributed by atoms with van der Waals surface area (Å²) in [5.74, 6) is 0.361. The third-order valence-electron chi connectivity index (χ3n) is 7.25. The zero-order valence-corrected chi connectivity index (χ0v) is 26.0. The lowest BCUT2D eigenvalue weighted by Crippen LogP contribution is -2.40. The number of allylic oxidation sites excluding steroid dienone is 1. The summed E-state index contributed by atoms with van der Waals surface area (Å²) in [5.41, 5.74) is 1.72. The molecule has 0 aliphatic carbocycles. The van der Waals surface area contributed by atoms with Gasteiger partial charge in [0.15, 0.2) is 16.3 Å². The molecule has 5 rings (SSSR count). The van der Waals surface area contributed by atoms with E-state index in [1.54, 1.807) is 44.2 Å². The second kappa shape index (κ2) is 13.0. The molecule has 232 valence electrons. The molecule has 2 aliphatic heterocycles. The number of nitrogens with zero attached hydrogens (tertiary/aromatic N) is 4. The van der Waals surface area contributed by atoms with Crippen LogP contribution in [0.15, 0.2) is 57.5 Å². The lowest BCUT2D eigenvalue weighted by molar-refractivity contribution is -0.385. The van der Waals surface area contributed by atoms with E-state index in [4.69, 9.17) is 18.9 Å². The van der Waals surface area contributed by atoms with Crippen LogP contribution < -0.4 is 29.3 Å². The van der Waals surface area contributed by atoms with Crippen LogP contribution in [0.2, 0.25) is 0 Å². The number of nitro groups is 1. The van der Waals surface area contributed by atoms with Crippen molar-refractivity contribution >= 4 is 34.8 Å². The summed E-state index contributed by atoms with van der Waals surface area (Å²) in [4.78, 5) is 45.9.